The molecule has 0 radical (unpaired) electrons. The van der Waals surface area contributed by atoms with Crippen molar-refractivity contribution in [3.63, 3.8) is 0 Å². The average molecular weight is 332 g/mol. The second kappa shape index (κ2) is 7.34. The van der Waals surface area contributed by atoms with Crippen LogP contribution in [0.4, 0.5) is 17.3 Å². The minimum atomic E-state index is -0.221. The molecule has 0 bridgehead atoms. The van der Waals surface area contributed by atoms with Crippen LogP contribution in [0.15, 0.2) is 6.33 Å². The van der Waals surface area contributed by atoms with Gasteiger partial charge in [0.2, 0.25) is 5.91 Å². The summed E-state index contributed by atoms with van der Waals surface area (Å²) in [6, 6.07) is -0.221. The van der Waals surface area contributed by atoms with Crippen LogP contribution in [0.5, 0.6) is 0 Å². The maximum Gasteiger partial charge on any atom is 0.247 e. The quantitative estimate of drug-likeness (QED) is 0.856. The molecule has 3 rings (SSSR count). The molecule has 1 aromatic rings. The highest BCUT2D eigenvalue weighted by molar-refractivity contribution is 6.04. The van der Waals surface area contributed by atoms with Crippen LogP contribution >= 0.6 is 0 Å². The van der Waals surface area contributed by atoms with Gasteiger partial charge in [-0.05, 0) is 25.3 Å². The Hall–Kier alpha value is -1.89. The zero-order valence-corrected chi connectivity index (χ0v) is 14.9. The Labute approximate surface area is 143 Å². The molecular formula is C17H28N6O. The molecule has 1 saturated heterocycles. The van der Waals surface area contributed by atoms with Crippen LogP contribution in [-0.4, -0.2) is 59.5 Å². The number of anilines is 3. The predicted octanol–water partition coefficient (Wildman–Crippen LogP) is 1.79. The Morgan fingerprint density at radius 3 is 2.67 bits per heavy atom. The van der Waals surface area contributed by atoms with Crippen LogP contribution in [0, 0.1) is 5.92 Å². The maximum absolute atomic E-state index is 12.4. The zero-order valence-electron chi connectivity index (χ0n) is 14.9. The summed E-state index contributed by atoms with van der Waals surface area (Å²) in [4.78, 5) is 25.9. The van der Waals surface area contributed by atoms with Gasteiger partial charge in [0.25, 0.3) is 0 Å². The third-order valence-corrected chi connectivity index (χ3v) is 4.62. The summed E-state index contributed by atoms with van der Waals surface area (Å²) in [7, 11) is 0. The molecule has 2 aliphatic heterocycles. The van der Waals surface area contributed by atoms with Gasteiger partial charge in [-0.15, -0.1) is 0 Å². The Kier molecular flexibility index (Phi) is 5.18. The molecule has 7 nitrogen and oxygen atoms in total. The number of carbonyl (C=O) groups is 1. The normalized spacial score (nSPS) is 21.4. The second-order valence-electron chi connectivity index (χ2n) is 7.07. The fourth-order valence-electron chi connectivity index (χ4n) is 3.42. The predicted molar refractivity (Wildman–Crippen MR) is 96.5 cm³/mol. The van der Waals surface area contributed by atoms with E-state index in [2.05, 4.69) is 51.2 Å². The molecule has 1 unspecified atom stereocenters. The minimum Gasteiger partial charge on any atom is -0.356 e. The Morgan fingerprint density at radius 2 is 2.00 bits per heavy atom. The third kappa shape index (κ3) is 3.61. The molecule has 132 valence electrons. The topological polar surface area (TPSA) is 73.4 Å². The van der Waals surface area contributed by atoms with E-state index in [1.807, 2.05) is 0 Å². The van der Waals surface area contributed by atoms with E-state index in [9.17, 15) is 4.79 Å². The molecule has 2 aliphatic rings. The van der Waals surface area contributed by atoms with E-state index < -0.39 is 0 Å². The van der Waals surface area contributed by atoms with Crippen molar-refractivity contribution in [2.75, 3.05) is 48.3 Å². The van der Waals surface area contributed by atoms with E-state index in [4.69, 9.17) is 0 Å². The van der Waals surface area contributed by atoms with Crippen molar-refractivity contribution < 1.29 is 4.79 Å². The third-order valence-electron chi connectivity index (χ3n) is 4.62. The first-order valence-electron chi connectivity index (χ1n) is 8.98. The van der Waals surface area contributed by atoms with Crippen molar-refractivity contribution in [3.8, 4) is 0 Å². The summed E-state index contributed by atoms with van der Waals surface area (Å²) < 4.78 is 0. The fraction of sp³-hybridized carbons (Fsp3) is 0.706. The van der Waals surface area contributed by atoms with Gasteiger partial charge in [-0.25, -0.2) is 9.97 Å². The van der Waals surface area contributed by atoms with Crippen molar-refractivity contribution in [1.29, 1.82) is 0 Å². The molecule has 0 saturated carbocycles. The number of amides is 1. The molecule has 0 aliphatic carbocycles. The highest BCUT2D eigenvalue weighted by Crippen LogP contribution is 2.34. The molecule has 1 fully saturated rings. The number of nitrogens with zero attached hydrogens (tertiary/aromatic N) is 4. The lowest BCUT2D eigenvalue weighted by atomic mass is 10.0. The number of nitrogens with one attached hydrogen (secondary N) is 2. The largest absolute Gasteiger partial charge is 0.356 e. The summed E-state index contributed by atoms with van der Waals surface area (Å²) >= 11 is 0. The molecule has 1 amide bonds. The lowest BCUT2D eigenvalue weighted by Crippen LogP contribution is -2.48. The summed E-state index contributed by atoms with van der Waals surface area (Å²) in [6.07, 6.45) is 3.56. The lowest BCUT2D eigenvalue weighted by Gasteiger charge is -2.37. The smallest absolute Gasteiger partial charge is 0.247 e. The molecule has 0 spiro atoms. The van der Waals surface area contributed by atoms with E-state index in [1.54, 1.807) is 6.33 Å². The Morgan fingerprint density at radius 1 is 1.25 bits per heavy atom. The SMILES string of the molecule is CCCN1CCN(c2ncnc3c2NC(=O)C(CC(C)C)N3)CC1. The van der Waals surface area contributed by atoms with Crippen LogP contribution in [0.2, 0.25) is 0 Å². The van der Waals surface area contributed by atoms with Gasteiger partial charge in [-0.1, -0.05) is 20.8 Å². The number of rotatable bonds is 5. The summed E-state index contributed by atoms with van der Waals surface area (Å²) in [5.74, 6) is 2.03. The van der Waals surface area contributed by atoms with Gasteiger partial charge in [0.1, 0.15) is 18.1 Å². The van der Waals surface area contributed by atoms with Crippen LogP contribution < -0.4 is 15.5 Å². The lowest BCUT2D eigenvalue weighted by molar-refractivity contribution is -0.117. The van der Waals surface area contributed by atoms with Gasteiger partial charge in [0.05, 0.1) is 0 Å². The Bertz CT molecular complexity index is 582. The van der Waals surface area contributed by atoms with E-state index in [1.165, 1.54) is 6.42 Å². The molecule has 24 heavy (non-hydrogen) atoms. The van der Waals surface area contributed by atoms with Crippen molar-refractivity contribution in [3.05, 3.63) is 6.33 Å². The minimum absolute atomic E-state index is 0.0110. The maximum atomic E-state index is 12.4. The fourth-order valence-corrected chi connectivity index (χ4v) is 3.42. The molecule has 3 heterocycles. The van der Waals surface area contributed by atoms with E-state index in [0.29, 0.717) is 5.92 Å². The number of aromatic nitrogens is 2. The van der Waals surface area contributed by atoms with Gasteiger partial charge in [-0.3, -0.25) is 9.69 Å². The van der Waals surface area contributed by atoms with Gasteiger partial charge in [0.15, 0.2) is 11.6 Å². The standard InChI is InChI=1S/C17H28N6O/c1-4-5-22-6-8-23(9-7-22)16-14-15(18-11-19-16)20-13(10-12(2)3)17(24)21-14/h11-13H,4-10H2,1-3H3,(H,21,24)(H,18,19,20). The second-order valence-corrected chi connectivity index (χ2v) is 7.07. The zero-order chi connectivity index (χ0) is 17.1. The molecule has 2 N–H and O–H groups in total. The summed E-state index contributed by atoms with van der Waals surface area (Å²) in [5, 5.41) is 6.32. The van der Waals surface area contributed by atoms with Crippen LogP contribution in [-0.2, 0) is 4.79 Å². The van der Waals surface area contributed by atoms with Crippen molar-refractivity contribution in [1.82, 2.24) is 14.9 Å². The number of fused-ring (bicyclic) bond motifs is 1. The van der Waals surface area contributed by atoms with E-state index >= 15 is 0 Å². The van der Waals surface area contributed by atoms with Crippen LogP contribution in [0.1, 0.15) is 33.6 Å². The molecule has 7 heteroatoms. The van der Waals surface area contributed by atoms with Crippen molar-refractivity contribution >= 4 is 23.2 Å². The number of hydrogen-bond donors (Lipinski definition) is 2. The molecule has 0 aromatic carbocycles. The monoisotopic (exact) mass is 332 g/mol. The Balaban J connectivity index is 1.75. The van der Waals surface area contributed by atoms with Gasteiger partial charge in [-0.2, -0.15) is 0 Å². The van der Waals surface area contributed by atoms with Crippen molar-refractivity contribution in [2.24, 2.45) is 5.92 Å². The number of hydrogen-bond acceptors (Lipinski definition) is 6. The average Bonchev–Trinajstić information content (AvgIpc) is 2.56. The van der Waals surface area contributed by atoms with Gasteiger partial charge < -0.3 is 15.5 Å². The van der Waals surface area contributed by atoms with Crippen LogP contribution in [0.3, 0.4) is 0 Å². The van der Waals surface area contributed by atoms with Crippen molar-refractivity contribution in [2.45, 2.75) is 39.7 Å². The summed E-state index contributed by atoms with van der Waals surface area (Å²) in [5.41, 5.74) is 0.728. The molecule has 1 aromatic heterocycles. The van der Waals surface area contributed by atoms with Gasteiger partial charge >= 0.3 is 0 Å². The molecule has 1 atom stereocenters. The first-order valence-corrected chi connectivity index (χ1v) is 8.98. The molecular weight excluding hydrogens is 304 g/mol. The highest BCUT2D eigenvalue weighted by atomic mass is 16.2. The van der Waals surface area contributed by atoms with Gasteiger partial charge in [0, 0.05) is 26.2 Å². The summed E-state index contributed by atoms with van der Waals surface area (Å²) in [6.45, 7) is 11.5. The highest BCUT2D eigenvalue weighted by Gasteiger charge is 2.31. The number of piperazine rings is 1. The van der Waals surface area contributed by atoms with Crippen LogP contribution in [0.25, 0.3) is 0 Å². The van der Waals surface area contributed by atoms with E-state index in [-0.39, 0.29) is 11.9 Å². The first-order chi connectivity index (χ1) is 11.6. The first kappa shape index (κ1) is 17.0. The van der Waals surface area contributed by atoms with E-state index in [0.717, 1.165) is 56.5 Å². The number of carbonyl (C=O) groups excluding carboxylic acids is 1.